The first-order valence-corrected chi connectivity index (χ1v) is 9.34. The molecule has 0 aliphatic rings. The van der Waals surface area contributed by atoms with Gasteiger partial charge in [-0.2, -0.15) is 5.10 Å². The molecule has 1 N–H and O–H groups in total. The number of hydrazone groups is 1. The second kappa shape index (κ2) is 11.0. The summed E-state index contributed by atoms with van der Waals surface area (Å²) in [6.07, 6.45) is 3.48. The van der Waals surface area contributed by atoms with Crippen molar-refractivity contribution >= 4 is 12.1 Å². The van der Waals surface area contributed by atoms with E-state index in [0.29, 0.717) is 19.1 Å². The number of carbonyl (C=O) groups is 1. The van der Waals surface area contributed by atoms with E-state index in [9.17, 15) is 4.79 Å². The van der Waals surface area contributed by atoms with Crippen molar-refractivity contribution in [3.05, 3.63) is 59.7 Å². The van der Waals surface area contributed by atoms with Crippen molar-refractivity contribution in [1.82, 2.24) is 5.43 Å². The van der Waals surface area contributed by atoms with Crippen LogP contribution in [0, 0.1) is 0 Å². The topological polar surface area (TPSA) is 59.9 Å². The highest BCUT2D eigenvalue weighted by molar-refractivity contribution is 5.84. The highest BCUT2D eigenvalue weighted by Gasteiger charge is 2.03. The number of ether oxygens (including phenoxy) is 2. The number of carbonyl (C=O) groups excluding carboxylic acids is 1. The summed E-state index contributed by atoms with van der Waals surface area (Å²) in [4.78, 5) is 10.9. The lowest BCUT2D eigenvalue weighted by Gasteiger charge is -2.11. The van der Waals surface area contributed by atoms with Gasteiger partial charge in [0.15, 0.2) is 0 Å². The van der Waals surface area contributed by atoms with E-state index in [-0.39, 0.29) is 5.91 Å². The number of nitrogens with one attached hydrogen (secondary N) is 1. The van der Waals surface area contributed by atoms with Crippen LogP contribution in [0.4, 0.5) is 0 Å². The van der Waals surface area contributed by atoms with Crippen molar-refractivity contribution in [2.75, 3.05) is 13.2 Å². The maximum absolute atomic E-state index is 10.9. The van der Waals surface area contributed by atoms with Crippen LogP contribution in [0.15, 0.2) is 53.6 Å². The molecular weight excluding hydrogens is 340 g/mol. The smallest absolute Gasteiger partial charge is 0.236 e. The van der Waals surface area contributed by atoms with Crippen molar-refractivity contribution in [2.45, 2.75) is 39.5 Å². The molecule has 2 rings (SSSR count). The first kappa shape index (κ1) is 20.5. The minimum atomic E-state index is -0.209. The van der Waals surface area contributed by atoms with Gasteiger partial charge in [0.2, 0.25) is 5.91 Å². The van der Waals surface area contributed by atoms with Crippen LogP contribution in [0.1, 0.15) is 50.7 Å². The van der Waals surface area contributed by atoms with Crippen molar-refractivity contribution < 1.29 is 14.3 Å². The Bertz CT molecular complexity index is 741. The Hall–Kier alpha value is -2.82. The zero-order valence-electron chi connectivity index (χ0n) is 16.3. The van der Waals surface area contributed by atoms with Crippen LogP contribution in [0.2, 0.25) is 0 Å². The largest absolute Gasteiger partial charge is 0.493 e. The van der Waals surface area contributed by atoms with Gasteiger partial charge in [-0.3, -0.25) is 4.79 Å². The van der Waals surface area contributed by atoms with Gasteiger partial charge in [0.1, 0.15) is 11.5 Å². The lowest BCUT2D eigenvalue weighted by molar-refractivity contribution is -0.118. The van der Waals surface area contributed by atoms with Crippen LogP contribution in [-0.4, -0.2) is 25.3 Å². The minimum Gasteiger partial charge on any atom is -0.493 e. The number of hydrogen-bond donors (Lipinski definition) is 1. The van der Waals surface area contributed by atoms with Crippen LogP contribution in [-0.2, 0) is 4.79 Å². The third-order valence-electron chi connectivity index (χ3n) is 4.22. The van der Waals surface area contributed by atoms with Crippen LogP contribution in [0.5, 0.6) is 11.5 Å². The molecule has 1 atom stereocenters. The van der Waals surface area contributed by atoms with E-state index in [0.717, 1.165) is 29.9 Å². The molecule has 0 fully saturated rings. The third-order valence-corrected chi connectivity index (χ3v) is 4.22. The molecule has 0 heterocycles. The minimum absolute atomic E-state index is 0.209. The zero-order valence-corrected chi connectivity index (χ0v) is 16.3. The summed E-state index contributed by atoms with van der Waals surface area (Å²) in [5.74, 6) is 1.97. The summed E-state index contributed by atoms with van der Waals surface area (Å²) in [5, 5.41) is 3.88. The average molecular weight is 368 g/mol. The summed E-state index contributed by atoms with van der Waals surface area (Å²) >= 11 is 0. The van der Waals surface area contributed by atoms with Crippen LogP contribution < -0.4 is 14.9 Å². The molecule has 0 saturated heterocycles. The predicted molar refractivity (Wildman–Crippen MR) is 109 cm³/mol. The van der Waals surface area contributed by atoms with Gasteiger partial charge in [0.25, 0.3) is 0 Å². The number of amides is 1. The Morgan fingerprint density at radius 1 is 1.11 bits per heavy atom. The van der Waals surface area contributed by atoms with Crippen molar-refractivity contribution in [1.29, 1.82) is 0 Å². The molecule has 2 aromatic rings. The quantitative estimate of drug-likeness (QED) is 0.381. The Labute approximate surface area is 161 Å². The molecule has 1 amide bonds. The van der Waals surface area contributed by atoms with Crippen LogP contribution in [0.25, 0.3) is 0 Å². The Kier molecular flexibility index (Phi) is 8.36. The molecule has 0 bridgehead atoms. The number of hydrogen-bond acceptors (Lipinski definition) is 4. The van der Waals surface area contributed by atoms with E-state index in [1.165, 1.54) is 12.5 Å². The fraction of sp³-hybridized carbons (Fsp3) is 0.364. The molecule has 5 nitrogen and oxygen atoms in total. The number of para-hydroxylation sites is 1. The standard InChI is InChI=1S/C22H28N2O3/c1-4-17(2)19-10-12-21(13-11-19)26-14-7-15-27-22-9-6-5-8-20(22)16-23-24-18(3)25/h5-6,8-13,16-17H,4,7,14-15H2,1-3H3,(H,24,25). The maximum Gasteiger partial charge on any atom is 0.236 e. The molecule has 1 unspecified atom stereocenters. The van der Waals surface area contributed by atoms with Crippen molar-refractivity contribution in [3.8, 4) is 11.5 Å². The lowest BCUT2D eigenvalue weighted by atomic mass is 9.99. The van der Waals surface area contributed by atoms with Gasteiger partial charge in [0.05, 0.1) is 19.4 Å². The summed E-state index contributed by atoms with van der Waals surface area (Å²) in [6, 6.07) is 15.9. The fourth-order valence-corrected chi connectivity index (χ4v) is 2.47. The maximum atomic E-state index is 10.9. The predicted octanol–water partition coefficient (Wildman–Crippen LogP) is 4.52. The lowest BCUT2D eigenvalue weighted by Crippen LogP contribution is -2.12. The summed E-state index contributed by atoms with van der Waals surface area (Å²) in [7, 11) is 0. The second-order valence-corrected chi connectivity index (χ2v) is 6.39. The molecular formula is C22H28N2O3. The SMILES string of the molecule is CCC(C)c1ccc(OCCCOc2ccccc2C=NNC(C)=O)cc1. The highest BCUT2D eigenvalue weighted by atomic mass is 16.5. The van der Waals surface area contributed by atoms with Crippen molar-refractivity contribution in [3.63, 3.8) is 0 Å². The van der Waals surface area contributed by atoms with E-state index < -0.39 is 0 Å². The van der Waals surface area contributed by atoms with Crippen molar-refractivity contribution in [2.24, 2.45) is 5.10 Å². The molecule has 0 saturated carbocycles. The van der Waals surface area contributed by atoms with Crippen LogP contribution in [0.3, 0.4) is 0 Å². The highest BCUT2D eigenvalue weighted by Crippen LogP contribution is 2.21. The monoisotopic (exact) mass is 368 g/mol. The van der Waals surface area contributed by atoms with Crippen LogP contribution >= 0.6 is 0 Å². The van der Waals surface area contributed by atoms with Gasteiger partial charge in [-0.15, -0.1) is 0 Å². The van der Waals surface area contributed by atoms with E-state index in [1.807, 2.05) is 36.4 Å². The molecule has 5 heteroatoms. The van der Waals surface area contributed by atoms with Gasteiger partial charge in [-0.25, -0.2) is 5.43 Å². The third kappa shape index (κ3) is 7.13. The molecule has 0 aliphatic carbocycles. The first-order valence-electron chi connectivity index (χ1n) is 9.34. The van der Waals surface area contributed by atoms with E-state index in [4.69, 9.17) is 9.47 Å². The Morgan fingerprint density at radius 2 is 1.81 bits per heavy atom. The molecule has 27 heavy (non-hydrogen) atoms. The normalized spacial score (nSPS) is 12.0. The van der Waals surface area contributed by atoms with E-state index in [2.05, 4.69) is 36.5 Å². The van der Waals surface area contributed by atoms with Gasteiger partial charge in [0, 0.05) is 18.9 Å². The molecule has 0 spiro atoms. The summed E-state index contributed by atoms with van der Waals surface area (Å²) in [5.41, 5.74) is 4.54. The average Bonchev–Trinajstić information content (AvgIpc) is 2.68. The molecule has 0 aromatic heterocycles. The molecule has 0 radical (unpaired) electrons. The number of benzene rings is 2. The molecule has 2 aromatic carbocycles. The summed E-state index contributed by atoms with van der Waals surface area (Å²) < 4.78 is 11.6. The fourth-order valence-electron chi connectivity index (χ4n) is 2.47. The van der Waals surface area contributed by atoms with Gasteiger partial charge in [-0.05, 0) is 42.2 Å². The zero-order chi connectivity index (χ0) is 19.5. The van der Waals surface area contributed by atoms with Gasteiger partial charge in [-0.1, -0.05) is 38.1 Å². The number of nitrogens with zero attached hydrogens (tertiary/aromatic N) is 1. The number of rotatable bonds is 10. The van der Waals surface area contributed by atoms with Gasteiger partial charge >= 0.3 is 0 Å². The molecule has 144 valence electrons. The summed E-state index contributed by atoms with van der Waals surface area (Å²) in [6.45, 7) is 6.96. The Morgan fingerprint density at radius 3 is 2.52 bits per heavy atom. The van der Waals surface area contributed by atoms with E-state index in [1.54, 1.807) is 6.21 Å². The Balaban J connectivity index is 1.75. The first-order chi connectivity index (χ1) is 13.1. The van der Waals surface area contributed by atoms with Gasteiger partial charge < -0.3 is 9.47 Å². The second-order valence-electron chi connectivity index (χ2n) is 6.39. The molecule has 0 aliphatic heterocycles. The van der Waals surface area contributed by atoms with E-state index >= 15 is 0 Å².